The second kappa shape index (κ2) is 14.0. The predicted octanol–water partition coefficient (Wildman–Crippen LogP) is 6.01. The van der Waals surface area contributed by atoms with Crippen molar-refractivity contribution >= 4 is 39.9 Å². The molecule has 0 aliphatic carbocycles. The molecule has 2 heterocycles. The van der Waals surface area contributed by atoms with Crippen molar-refractivity contribution in [1.29, 1.82) is 0 Å². The van der Waals surface area contributed by atoms with Crippen LogP contribution in [-0.2, 0) is 14.3 Å². The number of hydrogen-bond acceptors (Lipinski definition) is 10. The van der Waals surface area contributed by atoms with Crippen LogP contribution in [0.15, 0.2) is 60.7 Å². The number of amides is 1. The zero-order valence-electron chi connectivity index (χ0n) is 24.5. The van der Waals surface area contributed by atoms with Crippen LogP contribution in [0.4, 0.5) is 5.13 Å². The third kappa shape index (κ3) is 6.56. The van der Waals surface area contributed by atoms with Crippen LogP contribution in [-0.4, -0.2) is 54.7 Å². The Morgan fingerprint density at radius 3 is 2.51 bits per heavy atom. The van der Waals surface area contributed by atoms with Crippen molar-refractivity contribution in [3.63, 3.8) is 0 Å². The number of benzene rings is 2. The van der Waals surface area contributed by atoms with Gasteiger partial charge in [0.1, 0.15) is 23.0 Å². The number of ketones is 1. The Morgan fingerprint density at radius 1 is 1.12 bits per heavy atom. The van der Waals surface area contributed by atoms with Gasteiger partial charge in [-0.05, 0) is 62.2 Å². The van der Waals surface area contributed by atoms with E-state index in [2.05, 4.69) is 18.5 Å². The molecular formula is C32H34N2O8S. The maximum absolute atomic E-state index is 13.6. The Bertz CT molecular complexity index is 1540. The second-order valence-electron chi connectivity index (χ2n) is 9.54. The van der Waals surface area contributed by atoms with Gasteiger partial charge in [-0.25, -0.2) is 9.78 Å². The van der Waals surface area contributed by atoms with Gasteiger partial charge in [-0.1, -0.05) is 43.4 Å². The minimum atomic E-state index is -1.09. The number of esters is 1. The molecule has 1 aliphatic heterocycles. The summed E-state index contributed by atoms with van der Waals surface area (Å²) < 4.78 is 22.1. The van der Waals surface area contributed by atoms with Crippen molar-refractivity contribution in [1.82, 2.24) is 4.98 Å². The van der Waals surface area contributed by atoms with Crippen LogP contribution in [0, 0.1) is 6.92 Å². The van der Waals surface area contributed by atoms with Crippen LogP contribution in [0.3, 0.4) is 0 Å². The Labute approximate surface area is 254 Å². The van der Waals surface area contributed by atoms with Gasteiger partial charge in [-0.2, -0.15) is 0 Å². The number of rotatable bonds is 13. The zero-order chi connectivity index (χ0) is 31.1. The van der Waals surface area contributed by atoms with E-state index in [4.69, 9.17) is 18.9 Å². The summed E-state index contributed by atoms with van der Waals surface area (Å²) in [6.45, 7) is 10.00. The summed E-state index contributed by atoms with van der Waals surface area (Å²) in [5.41, 5.74) is 0.986. The smallest absolute Gasteiger partial charge is 0.350 e. The minimum Gasteiger partial charge on any atom is -0.507 e. The third-order valence-electron chi connectivity index (χ3n) is 6.65. The van der Waals surface area contributed by atoms with Crippen molar-refractivity contribution in [3.05, 3.63) is 82.4 Å². The Balaban J connectivity index is 1.86. The van der Waals surface area contributed by atoms with E-state index in [1.165, 1.54) is 12.0 Å². The van der Waals surface area contributed by atoms with E-state index in [1.54, 1.807) is 62.4 Å². The number of carbonyl (C=O) groups is 3. The lowest BCUT2D eigenvalue weighted by molar-refractivity contribution is -0.132. The maximum Gasteiger partial charge on any atom is 0.350 e. The van der Waals surface area contributed by atoms with Gasteiger partial charge >= 0.3 is 11.9 Å². The second-order valence-corrected chi connectivity index (χ2v) is 10.5. The van der Waals surface area contributed by atoms with Gasteiger partial charge in [0, 0.05) is 5.56 Å². The van der Waals surface area contributed by atoms with E-state index in [0.717, 1.165) is 24.2 Å². The molecule has 10 nitrogen and oxygen atoms in total. The first-order valence-corrected chi connectivity index (χ1v) is 14.7. The molecule has 4 rings (SSSR count). The van der Waals surface area contributed by atoms with Crippen molar-refractivity contribution in [2.45, 2.75) is 39.7 Å². The molecule has 1 amide bonds. The molecule has 2 aromatic carbocycles. The number of aryl methyl sites for hydroxylation is 1. The first-order chi connectivity index (χ1) is 20.7. The predicted molar refractivity (Wildman–Crippen MR) is 163 cm³/mol. The fraction of sp³-hybridized carbons (Fsp3) is 0.312. The lowest BCUT2D eigenvalue weighted by Crippen LogP contribution is -2.29. The van der Waals surface area contributed by atoms with Gasteiger partial charge in [0.25, 0.3) is 5.78 Å². The molecule has 0 bridgehead atoms. The lowest BCUT2D eigenvalue weighted by Gasteiger charge is -2.24. The van der Waals surface area contributed by atoms with Gasteiger partial charge in [0.05, 0.1) is 37.6 Å². The summed E-state index contributed by atoms with van der Waals surface area (Å²) in [4.78, 5) is 45.6. The van der Waals surface area contributed by atoms with Gasteiger partial charge in [0.15, 0.2) is 16.6 Å². The average Bonchev–Trinajstić information content (AvgIpc) is 3.52. The number of carbonyl (C=O) groups excluding carboxylic acids is 3. The van der Waals surface area contributed by atoms with Crippen LogP contribution in [0.1, 0.15) is 59.2 Å². The van der Waals surface area contributed by atoms with E-state index >= 15 is 0 Å². The summed E-state index contributed by atoms with van der Waals surface area (Å²) in [7, 11) is 1.47. The van der Waals surface area contributed by atoms with Gasteiger partial charge in [0.2, 0.25) is 0 Å². The van der Waals surface area contributed by atoms with E-state index in [1.807, 2.05) is 0 Å². The highest BCUT2D eigenvalue weighted by Crippen LogP contribution is 2.45. The largest absolute Gasteiger partial charge is 0.507 e. The average molecular weight is 607 g/mol. The molecule has 1 aromatic heterocycles. The maximum atomic E-state index is 13.6. The number of methoxy groups -OCH3 is 1. The van der Waals surface area contributed by atoms with Crippen LogP contribution in [0.2, 0.25) is 0 Å². The first-order valence-electron chi connectivity index (χ1n) is 13.9. The molecule has 1 aliphatic rings. The minimum absolute atomic E-state index is 0.109. The molecule has 1 atom stereocenters. The lowest BCUT2D eigenvalue weighted by atomic mass is 9.95. The van der Waals surface area contributed by atoms with Gasteiger partial charge < -0.3 is 24.1 Å². The third-order valence-corrected chi connectivity index (χ3v) is 7.79. The molecule has 43 heavy (non-hydrogen) atoms. The number of aromatic nitrogens is 1. The van der Waals surface area contributed by atoms with Gasteiger partial charge in [-0.3, -0.25) is 14.5 Å². The number of anilines is 1. The highest BCUT2D eigenvalue weighted by molar-refractivity contribution is 7.17. The Hall–Kier alpha value is -4.64. The van der Waals surface area contributed by atoms with Crippen LogP contribution in [0.25, 0.3) is 5.76 Å². The van der Waals surface area contributed by atoms with Gasteiger partial charge in [-0.15, -0.1) is 0 Å². The number of ether oxygens (including phenoxy) is 4. The summed E-state index contributed by atoms with van der Waals surface area (Å²) in [5, 5.41) is 11.6. The van der Waals surface area contributed by atoms with Crippen molar-refractivity contribution in [2.24, 2.45) is 0 Å². The normalized spacial score (nSPS) is 15.8. The molecule has 0 unspecified atom stereocenters. The highest BCUT2D eigenvalue weighted by atomic mass is 32.1. The highest BCUT2D eigenvalue weighted by Gasteiger charge is 2.48. The number of unbranched alkanes of at least 4 members (excludes halogenated alkanes) is 1. The molecule has 1 fully saturated rings. The monoisotopic (exact) mass is 606 g/mol. The number of Topliss-reactive ketones (excluding diaryl/α,β-unsaturated/α-hetero) is 1. The quantitative estimate of drug-likeness (QED) is 0.0622. The molecule has 226 valence electrons. The summed E-state index contributed by atoms with van der Waals surface area (Å²) >= 11 is 0.934. The van der Waals surface area contributed by atoms with E-state index in [0.29, 0.717) is 40.7 Å². The molecule has 3 aromatic rings. The van der Waals surface area contributed by atoms with Crippen LogP contribution < -0.4 is 19.1 Å². The van der Waals surface area contributed by atoms with Crippen molar-refractivity contribution in [2.75, 3.05) is 31.8 Å². The van der Waals surface area contributed by atoms with Crippen LogP contribution >= 0.6 is 11.3 Å². The number of nitrogens with zero attached hydrogens (tertiary/aromatic N) is 2. The van der Waals surface area contributed by atoms with Crippen molar-refractivity contribution in [3.8, 4) is 17.2 Å². The molecule has 1 N–H and O–H groups in total. The zero-order valence-corrected chi connectivity index (χ0v) is 25.4. The summed E-state index contributed by atoms with van der Waals surface area (Å²) in [5.74, 6) is -1.35. The molecule has 11 heteroatoms. The van der Waals surface area contributed by atoms with E-state index in [9.17, 15) is 19.5 Å². The Morgan fingerprint density at radius 2 is 1.86 bits per heavy atom. The van der Waals surface area contributed by atoms with E-state index < -0.39 is 23.7 Å². The SMILES string of the molecule is C=CCOc1ccc([C@@H]2C(=C(O)c3ccc(OCCCC)cc3)C(=O)C(=O)N2c2nc(C)c(C(=O)OCC)s2)cc1OC. The molecule has 1 saturated heterocycles. The molecule has 0 radical (unpaired) electrons. The summed E-state index contributed by atoms with van der Waals surface area (Å²) in [6, 6.07) is 10.5. The van der Waals surface area contributed by atoms with Crippen molar-refractivity contribution < 1.29 is 38.4 Å². The molecule has 0 saturated carbocycles. The number of hydrogen-bond donors (Lipinski definition) is 1. The number of thiazole rings is 1. The number of aliphatic hydroxyl groups excluding tert-OH is 1. The van der Waals surface area contributed by atoms with Crippen LogP contribution in [0.5, 0.6) is 17.2 Å². The summed E-state index contributed by atoms with van der Waals surface area (Å²) in [6.07, 6.45) is 3.49. The number of aliphatic hydroxyl groups is 1. The molecule has 0 spiro atoms. The van der Waals surface area contributed by atoms with E-state index in [-0.39, 0.29) is 34.6 Å². The topological polar surface area (TPSA) is 124 Å². The standard InChI is InChI=1S/C32H34N2O8S/c1-6-9-17-41-22-13-10-20(11-14-22)27(35)25-26(21-12-15-23(42-16-7-2)24(18-21)39-5)34(30(37)28(25)36)32-33-19(4)29(43-32)31(38)40-8-3/h7,10-15,18,26,35H,2,6,8-9,16-17H2,1,3-5H3/t26-/m1/s1. The fourth-order valence-corrected chi connectivity index (χ4v) is 5.52. The molecular weight excluding hydrogens is 572 g/mol. The Kier molecular flexibility index (Phi) is 10.2. The fourth-order valence-electron chi connectivity index (χ4n) is 4.54. The first kappa shape index (κ1) is 31.3.